The van der Waals surface area contributed by atoms with Crippen molar-refractivity contribution in [1.29, 1.82) is 0 Å². The molecule has 1 heterocycles. The Labute approximate surface area is 115 Å². The largest absolute Gasteiger partial charge is 0.454 e. The fourth-order valence-electron chi connectivity index (χ4n) is 2.04. The van der Waals surface area contributed by atoms with Gasteiger partial charge in [0.25, 0.3) is 0 Å². The lowest BCUT2D eigenvalue weighted by atomic mass is 10.0. The fourth-order valence-corrected chi connectivity index (χ4v) is 2.04. The van der Waals surface area contributed by atoms with E-state index in [2.05, 4.69) is 0 Å². The van der Waals surface area contributed by atoms with Crippen LogP contribution < -0.4 is 9.47 Å². The van der Waals surface area contributed by atoms with E-state index in [1.807, 2.05) is 6.07 Å². The van der Waals surface area contributed by atoms with Gasteiger partial charge in [0.05, 0.1) is 6.42 Å². The van der Waals surface area contributed by atoms with E-state index in [9.17, 15) is 9.59 Å². The fraction of sp³-hybridized carbons (Fsp3) is 0.125. The number of hydrogen-bond acceptors (Lipinski definition) is 4. The van der Waals surface area contributed by atoms with Crippen molar-refractivity contribution in [3.63, 3.8) is 0 Å². The molecule has 1 aliphatic heterocycles. The van der Waals surface area contributed by atoms with Crippen molar-refractivity contribution in [2.75, 3.05) is 6.79 Å². The molecule has 0 aliphatic carbocycles. The molecule has 100 valence electrons. The number of ketones is 2. The standard InChI is InChI=1S/C16H12O4/c17-13(11-4-2-1-3-5-11)9-14(18)12-6-7-15-16(8-12)20-10-19-15/h1-8H,9-10H2. The molecule has 0 saturated carbocycles. The first-order chi connectivity index (χ1) is 9.74. The van der Waals surface area contributed by atoms with Crippen LogP contribution in [-0.4, -0.2) is 18.4 Å². The van der Waals surface area contributed by atoms with Crippen LogP contribution in [0.25, 0.3) is 0 Å². The number of benzene rings is 2. The van der Waals surface area contributed by atoms with Gasteiger partial charge in [-0.1, -0.05) is 30.3 Å². The molecule has 0 atom stereocenters. The Morgan fingerprint density at radius 2 is 1.55 bits per heavy atom. The molecule has 0 amide bonds. The van der Waals surface area contributed by atoms with E-state index in [-0.39, 0.29) is 24.8 Å². The molecule has 1 aliphatic rings. The molecular formula is C16H12O4. The molecule has 3 rings (SSSR count). The highest BCUT2D eigenvalue weighted by atomic mass is 16.7. The van der Waals surface area contributed by atoms with E-state index in [4.69, 9.17) is 9.47 Å². The molecule has 4 heteroatoms. The summed E-state index contributed by atoms with van der Waals surface area (Å²) >= 11 is 0. The van der Waals surface area contributed by atoms with Crippen LogP contribution in [-0.2, 0) is 0 Å². The molecule has 0 N–H and O–H groups in total. The molecule has 0 unspecified atom stereocenters. The molecule has 2 aromatic carbocycles. The lowest BCUT2D eigenvalue weighted by Crippen LogP contribution is -2.08. The minimum atomic E-state index is -0.225. The zero-order chi connectivity index (χ0) is 13.9. The number of rotatable bonds is 4. The third-order valence-corrected chi connectivity index (χ3v) is 3.11. The summed E-state index contributed by atoms with van der Waals surface area (Å²) in [6, 6.07) is 13.7. The number of carbonyl (C=O) groups is 2. The summed E-state index contributed by atoms with van der Waals surface area (Å²) in [6.45, 7) is 0.163. The van der Waals surface area contributed by atoms with Gasteiger partial charge in [-0.25, -0.2) is 0 Å². The van der Waals surface area contributed by atoms with E-state index >= 15 is 0 Å². The Morgan fingerprint density at radius 3 is 2.35 bits per heavy atom. The zero-order valence-electron chi connectivity index (χ0n) is 10.7. The van der Waals surface area contributed by atoms with Gasteiger partial charge in [-0.05, 0) is 18.2 Å². The Bertz CT molecular complexity index is 661. The molecule has 20 heavy (non-hydrogen) atoms. The van der Waals surface area contributed by atoms with Crippen LogP contribution in [0.1, 0.15) is 27.1 Å². The number of carbonyl (C=O) groups excluding carboxylic acids is 2. The molecule has 0 aromatic heterocycles. The second-order valence-electron chi connectivity index (χ2n) is 4.46. The summed E-state index contributed by atoms with van der Waals surface area (Å²) in [7, 11) is 0. The SMILES string of the molecule is O=C(CC(=O)c1ccc2c(c1)OCO2)c1ccccc1. The molecule has 0 radical (unpaired) electrons. The maximum Gasteiger partial charge on any atom is 0.231 e. The van der Waals surface area contributed by atoms with Gasteiger partial charge in [-0.3, -0.25) is 9.59 Å². The molecule has 0 spiro atoms. The Morgan fingerprint density at radius 1 is 0.850 bits per heavy atom. The zero-order valence-corrected chi connectivity index (χ0v) is 10.7. The average Bonchev–Trinajstić information content (AvgIpc) is 2.95. The monoisotopic (exact) mass is 268 g/mol. The van der Waals surface area contributed by atoms with Crippen LogP contribution in [0.3, 0.4) is 0 Å². The van der Waals surface area contributed by atoms with E-state index in [1.54, 1.807) is 42.5 Å². The summed E-state index contributed by atoms with van der Waals surface area (Å²) in [4.78, 5) is 24.1. The Balaban J connectivity index is 1.75. The smallest absolute Gasteiger partial charge is 0.231 e. The van der Waals surface area contributed by atoms with Gasteiger partial charge in [0.2, 0.25) is 6.79 Å². The summed E-state index contributed by atoms with van der Waals surface area (Å²) in [6.07, 6.45) is -0.149. The summed E-state index contributed by atoms with van der Waals surface area (Å²) in [5, 5.41) is 0. The minimum Gasteiger partial charge on any atom is -0.454 e. The highest BCUT2D eigenvalue weighted by Crippen LogP contribution is 2.32. The van der Waals surface area contributed by atoms with Gasteiger partial charge in [0.15, 0.2) is 23.1 Å². The first kappa shape index (κ1) is 12.4. The van der Waals surface area contributed by atoms with Crippen molar-refractivity contribution in [2.24, 2.45) is 0 Å². The van der Waals surface area contributed by atoms with Gasteiger partial charge >= 0.3 is 0 Å². The van der Waals surface area contributed by atoms with Crippen LogP contribution in [0.4, 0.5) is 0 Å². The average molecular weight is 268 g/mol. The summed E-state index contributed by atoms with van der Waals surface area (Å²) in [5.41, 5.74) is 1.00. The van der Waals surface area contributed by atoms with E-state index in [1.165, 1.54) is 0 Å². The maximum atomic E-state index is 12.1. The normalized spacial score (nSPS) is 12.2. The Hall–Kier alpha value is -2.62. The van der Waals surface area contributed by atoms with Crippen molar-refractivity contribution in [3.8, 4) is 11.5 Å². The van der Waals surface area contributed by atoms with Crippen LogP contribution >= 0.6 is 0 Å². The van der Waals surface area contributed by atoms with Crippen molar-refractivity contribution in [3.05, 3.63) is 59.7 Å². The predicted molar refractivity (Wildman–Crippen MR) is 72.3 cm³/mol. The quantitative estimate of drug-likeness (QED) is 0.632. The second kappa shape index (κ2) is 5.17. The lowest BCUT2D eigenvalue weighted by Gasteiger charge is -2.03. The topological polar surface area (TPSA) is 52.6 Å². The molecule has 0 fully saturated rings. The minimum absolute atomic E-state index is 0.149. The van der Waals surface area contributed by atoms with Crippen molar-refractivity contribution in [2.45, 2.75) is 6.42 Å². The number of fused-ring (bicyclic) bond motifs is 1. The number of Topliss-reactive ketones (excluding diaryl/α,β-unsaturated/α-hetero) is 2. The van der Waals surface area contributed by atoms with Crippen LogP contribution in [0.15, 0.2) is 48.5 Å². The van der Waals surface area contributed by atoms with E-state index in [0.29, 0.717) is 22.6 Å². The Kier molecular flexibility index (Phi) is 3.21. The first-order valence-electron chi connectivity index (χ1n) is 6.25. The van der Waals surface area contributed by atoms with Gasteiger partial charge in [-0.2, -0.15) is 0 Å². The third kappa shape index (κ3) is 2.40. The molecule has 4 nitrogen and oxygen atoms in total. The lowest BCUT2D eigenvalue weighted by molar-refractivity contribution is 0.0894. The number of hydrogen-bond donors (Lipinski definition) is 0. The third-order valence-electron chi connectivity index (χ3n) is 3.11. The van der Waals surface area contributed by atoms with Crippen LogP contribution in [0, 0.1) is 0 Å². The molecular weight excluding hydrogens is 256 g/mol. The molecule has 0 bridgehead atoms. The first-order valence-corrected chi connectivity index (χ1v) is 6.25. The van der Waals surface area contributed by atoms with Crippen molar-refractivity contribution >= 4 is 11.6 Å². The van der Waals surface area contributed by atoms with Crippen LogP contribution in [0.2, 0.25) is 0 Å². The van der Waals surface area contributed by atoms with Gasteiger partial charge < -0.3 is 9.47 Å². The molecule has 2 aromatic rings. The molecule has 0 saturated heterocycles. The van der Waals surface area contributed by atoms with Gasteiger partial charge in [0.1, 0.15) is 0 Å². The second-order valence-corrected chi connectivity index (χ2v) is 4.46. The number of ether oxygens (including phenoxy) is 2. The summed E-state index contributed by atoms with van der Waals surface area (Å²) in [5.74, 6) is 0.754. The predicted octanol–water partition coefficient (Wildman–Crippen LogP) is 2.87. The highest BCUT2D eigenvalue weighted by molar-refractivity contribution is 6.13. The van der Waals surface area contributed by atoms with Crippen molar-refractivity contribution in [1.82, 2.24) is 0 Å². The van der Waals surface area contributed by atoms with Gasteiger partial charge in [-0.15, -0.1) is 0 Å². The van der Waals surface area contributed by atoms with Crippen molar-refractivity contribution < 1.29 is 19.1 Å². The van der Waals surface area contributed by atoms with E-state index in [0.717, 1.165) is 0 Å². The van der Waals surface area contributed by atoms with Crippen LogP contribution in [0.5, 0.6) is 11.5 Å². The van der Waals surface area contributed by atoms with E-state index < -0.39 is 0 Å². The highest BCUT2D eigenvalue weighted by Gasteiger charge is 2.18. The van der Waals surface area contributed by atoms with Gasteiger partial charge in [0, 0.05) is 11.1 Å². The maximum absolute atomic E-state index is 12.1. The summed E-state index contributed by atoms with van der Waals surface area (Å²) < 4.78 is 10.4.